The molecule has 2 aromatic carbocycles. The molecule has 1 atom stereocenters. The second-order valence-electron chi connectivity index (χ2n) is 6.52. The third-order valence-corrected chi connectivity index (χ3v) is 5.63. The molecule has 2 rings (SSSR count). The Morgan fingerprint density at radius 3 is 2.37 bits per heavy atom. The van der Waals surface area contributed by atoms with Crippen molar-refractivity contribution >= 4 is 33.0 Å². The second-order valence-corrected chi connectivity index (χ2v) is 8.38. The smallest absolute Gasteiger partial charge is 0.271 e. The van der Waals surface area contributed by atoms with Gasteiger partial charge >= 0.3 is 0 Å². The number of nitrogens with one attached hydrogen (secondary N) is 1. The Labute approximate surface area is 174 Å². The molecule has 1 amide bonds. The molecule has 162 valence electrons. The van der Waals surface area contributed by atoms with Gasteiger partial charge in [0.25, 0.3) is 5.69 Å². The molecule has 0 aliphatic carbocycles. The zero-order chi connectivity index (χ0) is 22.6. The number of nitrogens with zero attached hydrogens (tertiary/aromatic N) is 2. The molecule has 0 aliphatic heterocycles. The number of non-ortho nitro benzene ring substituents is 1. The standard InChI is InChI=1S/C19H23N3O7S/c1-12-6-7-14(22(24)25)10-16(12)20-19(23)13(2)21(30(5,26)27)17-11-15(28-3)8-9-18(17)29-4/h6-11,13H,1-5H3,(H,20,23)/t13-/m0/s1. The third-order valence-electron chi connectivity index (χ3n) is 4.40. The Balaban J connectivity index is 2.47. The Morgan fingerprint density at radius 1 is 1.17 bits per heavy atom. The van der Waals surface area contributed by atoms with Crippen molar-refractivity contribution < 1.29 is 27.6 Å². The molecule has 0 aliphatic rings. The van der Waals surface area contributed by atoms with Crippen LogP contribution in [0.2, 0.25) is 0 Å². The molecule has 1 N–H and O–H groups in total. The Bertz CT molecular complexity index is 1070. The molecule has 0 spiro atoms. The van der Waals surface area contributed by atoms with Gasteiger partial charge in [-0.15, -0.1) is 0 Å². The van der Waals surface area contributed by atoms with Gasteiger partial charge < -0.3 is 14.8 Å². The Kier molecular flexibility index (Phi) is 6.88. The van der Waals surface area contributed by atoms with Crippen LogP contribution in [0.3, 0.4) is 0 Å². The van der Waals surface area contributed by atoms with Crippen LogP contribution in [0, 0.1) is 17.0 Å². The summed E-state index contributed by atoms with van der Waals surface area (Å²) in [5, 5.41) is 13.6. The first-order chi connectivity index (χ1) is 14.0. The number of ether oxygens (including phenoxy) is 2. The first-order valence-electron chi connectivity index (χ1n) is 8.77. The van der Waals surface area contributed by atoms with Crippen molar-refractivity contribution in [2.45, 2.75) is 19.9 Å². The SMILES string of the molecule is COc1ccc(OC)c(N([C@@H](C)C(=O)Nc2cc([N+](=O)[O-])ccc2C)S(C)(=O)=O)c1. The number of aryl methyl sites for hydroxylation is 1. The molecule has 0 saturated heterocycles. The van der Waals surface area contributed by atoms with E-state index in [1.807, 2.05) is 0 Å². The van der Waals surface area contributed by atoms with Crippen molar-refractivity contribution in [1.82, 2.24) is 0 Å². The van der Waals surface area contributed by atoms with Crippen molar-refractivity contribution in [3.63, 3.8) is 0 Å². The summed E-state index contributed by atoms with van der Waals surface area (Å²) in [6.45, 7) is 3.07. The highest BCUT2D eigenvalue weighted by molar-refractivity contribution is 7.92. The van der Waals surface area contributed by atoms with E-state index in [9.17, 15) is 23.3 Å². The predicted molar refractivity (Wildman–Crippen MR) is 113 cm³/mol. The Morgan fingerprint density at radius 2 is 1.83 bits per heavy atom. The summed E-state index contributed by atoms with van der Waals surface area (Å²) in [7, 11) is -1.11. The first kappa shape index (κ1) is 22.9. The predicted octanol–water partition coefficient (Wildman–Crippen LogP) is 2.71. The summed E-state index contributed by atoms with van der Waals surface area (Å²) in [5.41, 5.74) is 0.730. The van der Waals surface area contributed by atoms with Crippen LogP contribution in [0.4, 0.5) is 17.1 Å². The minimum Gasteiger partial charge on any atom is -0.497 e. The number of methoxy groups -OCH3 is 2. The number of nitro benzene ring substituents is 1. The van der Waals surface area contributed by atoms with Crippen LogP contribution in [-0.2, 0) is 14.8 Å². The third kappa shape index (κ3) is 4.98. The Hall–Kier alpha value is -3.34. The molecule has 11 heteroatoms. The highest BCUT2D eigenvalue weighted by atomic mass is 32.2. The molecule has 2 aromatic rings. The van der Waals surface area contributed by atoms with Gasteiger partial charge in [-0.25, -0.2) is 8.42 Å². The van der Waals surface area contributed by atoms with Crippen LogP contribution < -0.4 is 19.1 Å². The quantitative estimate of drug-likeness (QED) is 0.497. The van der Waals surface area contributed by atoms with E-state index < -0.39 is 26.9 Å². The van der Waals surface area contributed by atoms with Crippen molar-refractivity contribution in [2.75, 3.05) is 30.1 Å². The topological polar surface area (TPSA) is 128 Å². The lowest BCUT2D eigenvalue weighted by molar-refractivity contribution is -0.384. The van der Waals surface area contributed by atoms with Gasteiger partial charge in [-0.3, -0.25) is 19.2 Å². The number of carbonyl (C=O) groups excluding carboxylic acids is 1. The number of anilines is 2. The summed E-state index contributed by atoms with van der Waals surface area (Å²) in [6.07, 6.45) is 0.967. The fourth-order valence-corrected chi connectivity index (χ4v) is 4.02. The van der Waals surface area contributed by atoms with E-state index >= 15 is 0 Å². The van der Waals surface area contributed by atoms with Gasteiger partial charge in [0.2, 0.25) is 15.9 Å². The van der Waals surface area contributed by atoms with Gasteiger partial charge in [0.15, 0.2) is 0 Å². The van der Waals surface area contributed by atoms with E-state index in [1.54, 1.807) is 13.0 Å². The minimum atomic E-state index is -3.92. The van der Waals surface area contributed by atoms with E-state index in [1.165, 1.54) is 51.5 Å². The molecular weight excluding hydrogens is 414 g/mol. The fourth-order valence-electron chi connectivity index (χ4n) is 2.85. The number of rotatable bonds is 8. The van der Waals surface area contributed by atoms with Crippen LogP contribution >= 0.6 is 0 Å². The van der Waals surface area contributed by atoms with Gasteiger partial charge in [-0.1, -0.05) is 6.07 Å². The number of hydrogen-bond donors (Lipinski definition) is 1. The average molecular weight is 437 g/mol. The normalized spacial score (nSPS) is 12.0. The minimum absolute atomic E-state index is 0.123. The fraction of sp³-hybridized carbons (Fsp3) is 0.316. The molecule has 0 fully saturated rings. The molecule has 10 nitrogen and oxygen atoms in total. The van der Waals surface area contributed by atoms with Crippen LogP contribution in [0.1, 0.15) is 12.5 Å². The monoisotopic (exact) mass is 437 g/mol. The van der Waals surface area contributed by atoms with Crippen molar-refractivity contribution in [1.29, 1.82) is 0 Å². The second kappa shape index (κ2) is 8.99. The van der Waals surface area contributed by atoms with Crippen LogP contribution in [0.25, 0.3) is 0 Å². The van der Waals surface area contributed by atoms with Gasteiger partial charge in [-0.05, 0) is 31.5 Å². The summed E-state index contributed by atoms with van der Waals surface area (Å²) in [6, 6.07) is 7.41. The van der Waals surface area contributed by atoms with E-state index in [0.29, 0.717) is 11.3 Å². The lowest BCUT2D eigenvalue weighted by atomic mass is 10.1. The number of benzene rings is 2. The molecule has 0 radical (unpaired) electrons. The molecule has 0 heterocycles. The van der Waals surface area contributed by atoms with Gasteiger partial charge in [0.05, 0.1) is 36.8 Å². The average Bonchev–Trinajstić information content (AvgIpc) is 2.68. The van der Waals surface area contributed by atoms with E-state index in [-0.39, 0.29) is 22.8 Å². The molecule has 0 unspecified atom stereocenters. The lowest BCUT2D eigenvalue weighted by Crippen LogP contribution is -2.45. The summed E-state index contributed by atoms with van der Waals surface area (Å²) in [4.78, 5) is 23.3. The zero-order valence-electron chi connectivity index (χ0n) is 17.2. The van der Waals surface area contributed by atoms with E-state index in [4.69, 9.17) is 9.47 Å². The lowest BCUT2D eigenvalue weighted by Gasteiger charge is -2.29. The molecule has 0 saturated carbocycles. The first-order valence-corrected chi connectivity index (χ1v) is 10.6. The number of carbonyl (C=O) groups is 1. The van der Waals surface area contributed by atoms with Gasteiger partial charge in [0, 0.05) is 18.2 Å². The molecular formula is C19H23N3O7S. The summed E-state index contributed by atoms with van der Waals surface area (Å²) >= 11 is 0. The number of amides is 1. The number of nitro groups is 1. The molecule has 30 heavy (non-hydrogen) atoms. The highest BCUT2D eigenvalue weighted by Crippen LogP contribution is 2.35. The van der Waals surface area contributed by atoms with Gasteiger partial charge in [0.1, 0.15) is 17.5 Å². The number of hydrogen-bond acceptors (Lipinski definition) is 7. The van der Waals surface area contributed by atoms with E-state index in [0.717, 1.165) is 10.6 Å². The maximum absolute atomic E-state index is 12.9. The molecule has 0 bridgehead atoms. The van der Waals surface area contributed by atoms with Crippen molar-refractivity contribution in [2.24, 2.45) is 0 Å². The van der Waals surface area contributed by atoms with E-state index in [2.05, 4.69) is 5.32 Å². The van der Waals surface area contributed by atoms with Gasteiger partial charge in [-0.2, -0.15) is 0 Å². The number of sulfonamides is 1. The highest BCUT2D eigenvalue weighted by Gasteiger charge is 2.32. The zero-order valence-corrected chi connectivity index (χ0v) is 18.0. The van der Waals surface area contributed by atoms with Crippen molar-refractivity contribution in [3.8, 4) is 11.5 Å². The van der Waals surface area contributed by atoms with Crippen LogP contribution in [-0.4, -0.2) is 45.8 Å². The van der Waals surface area contributed by atoms with Crippen molar-refractivity contribution in [3.05, 3.63) is 52.1 Å². The summed E-state index contributed by atoms with van der Waals surface area (Å²) < 4.78 is 36.5. The van der Waals surface area contributed by atoms with Crippen LogP contribution in [0.5, 0.6) is 11.5 Å². The largest absolute Gasteiger partial charge is 0.497 e. The maximum atomic E-state index is 12.9. The molecule has 0 aromatic heterocycles. The maximum Gasteiger partial charge on any atom is 0.271 e. The summed E-state index contributed by atoms with van der Waals surface area (Å²) in [5.74, 6) is -0.0668. The van der Waals surface area contributed by atoms with Crippen LogP contribution in [0.15, 0.2) is 36.4 Å².